The molecule has 1 aliphatic rings. The molecule has 156 valence electrons. The molecule has 1 aliphatic heterocycles. The van der Waals surface area contributed by atoms with Crippen molar-refractivity contribution in [1.29, 1.82) is 0 Å². The van der Waals surface area contributed by atoms with Crippen LogP contribution in [0.1, 0.15) is 5.69 Å². The molecule has 0 unspecified atom stereocenters. The van der Waals surface area contributed by atoms with Gasteiger partial charge in [0.25, 0.3) is 10.8 Å². The Kier molecular flexibility index (Phi) is 5.11. The topological polar surface area (TPSA) is 107 Å². The fourth-order valence-electron chi connectivity index (χ4n) is 3.14. The first-order valence-electron chi connectivity index (χ1n) is 9.08. The molecule has 0 atom stereocenters. The van der Waals surface area contributed by atoms with Crippen LogP contribution in [0.25, 0.3) is 16.1 Å². The van der Waals surface area contributed by atoms with Crippen LogP contribution in [0.15, 0.2) is 55.2 Å². The zero-order valence-corrected chi connectivity index (χ0v) is 18.0. The summed E-state index contributed by atoms with van der Waals surface area (Å²) in [5, 5.41) is 2.20. The number of rotatable bonds is 5. The standard InChI is InChI=1S/C18H16N4O5S3/c23-16-9-12(19-17-22(16)5-8-28-17)11-29-18-20-14-10-13(1-2-15(14)27-18)30(24,25)21-3-6-26-7-4-21/h1-2,5,8-10H,3-4,6-7,11H2. The minimum absolute atomic E-state index is 0.132. The lowest BCUT2D eigenvalue weighted by Gasteiger charge is -2.25. The fraction of sp³-hybridized carbons (Fsp3) is 0.278. The lowest BCUT2D eigenvalue weighted by Crippen LogP contribution is -2.40. The summed E-state index contributed by atoms with van der Waals surface area (Å²) >= 11 is 2.69. The van der Waals surface area contributed by atoms with Crippen molar-refractivity contribution in [2.45, 2.75) is 15.9 Å². The van der Waals surface area contributed by atoms with Crippen molar-refractivity contribution >= 4 is 49.2 Å². The number of nitrogens with zero attached hydrogens (tertiary/aromatic N) is 4. The van der Waals surface area contributed by atoms with Crippen LogP contribution < -0.4 is 5.56 Å². The molecular formula is C18H16N4O5S3. The lowest BCUT2D eigenvalue weighted by atomic mass is 10.3. The minimum Gasteiger partial charge on any atom is -0.431 e. The molecule has 9 nitrogen and oxygen atoms in total. The molecular weight excluding hydrogens is 448 g/mol. The van der Waals surface area contributed by atoms with Crippen molar-refractivity contribution in [3.63, 3.8) is 0 Å². The minimum atomic E-state index is -3.60. The molecule has 0 bridgehead atoms. The van der Waals surface area contributed by atoms with Gasteiger partial charge < -0.3 is 9.15 Å². The van der Waals surface area contributed by atoms with Crippen molar-refractivity contribution < 1.29 is 17.6 Å². The zero-order chi connectivity index (χ0) is 20.7. The quantitative estimate of drug-likeness (QED) is 0.414. The largest absolute Gasteiger partial charge is 0.431 e. The second-order valence-electron chi connectivity index (χ2n) is 6.56. The molecule has 5 rings (SSSR count). The Bertz CT molecular complexity index is 1390. The first kappa shape index (κ1) is 19.7. The molecule has 0 amide bonds. The predicted molar refractivity (Wildman–Crippen MR) is 112 cm³/mol. The van der Waals surface area contributed by atoms with Crippen LogP contribution in [0.2, 0.25) is 0 Å². The summed E-state index contributed by atoms with van der Waals surface area (Å²) in [4.78, 5) is 21.8. The van der Waals surface area contributed by atoms with E-state index in [1.54, 1.807) is 12.3 Å². The van der Waals surface area contributed by atoms with Gasteiger partial charge in [0.1, 0.15) is 5.52 Å². The Balaban J connectivity index is 1.37. The van der Waals surface area contributed by atoms with Gasteiger partial charge >= 0.3 is 0 Å². The van der Waals surface area contributed by atoms with Crippen molar-refractivity contribution in [2.75, 3.05) is 26.3 Å². The molecule has 1 aromatic carbocycles. The number of fused-ring (bicyclic) bond motifs is 2. The molecule has 12 heteroatoms. The maximum atomic E-state index is 12.8. The van der Waals surface area contributed by atoms with Crippen LogP contribution in [-0.2, 0) is 20.5 Å². The van der Waals surface area contributed by atoms with Gasteiger partial charge in [-0.25, -0.2) is 18.4 Å². The number of thiazole rings is 1. The Morgan fingerprint density at radius 2 is 2.00 bits per heavy atom. The molecule has 1 fully saturated rings. The fourth-order valence-corrected chi connectivity index (χ4v) is 6.04. The third kappa shape index (κ3) is 3.65. The van der Waals surface area contributed by atoms with Crippen molar-refractivity contribution in [2.24, 2.45) is 0 Å². The number of sulfonamides is 1. The highest BCUT2D eigenvalue weighted by atomic mass is 32.2. The number of oxazole rings is 1. The van der Waals surface area contributed by atoms with E-state index in [0.29, 0.717) is 59.0 Å². The summed E-state index contributed by atoms with van der Waals surface area (Å²) in [6, 6.07) is 6.15. The number of hydrogen-bond acceptors (Lipinski definition) is 9. The molecule has 0 N–H and O–H groups in total. The van der Waals surface area contributed by atoms with E-state index in [-0.39, 0.29) is 10.5 Å². The summed E-state index contributed by atoms with van der Waals surface area (Å²) < 4.78 is 39.5. The highest BCUT2D eigenvalue weighted by molar-refractivity contribution is 7.98. The van der Waals surface area contributed by atoms with Crippen LogP contribution in [-0.4, -0.2) is 53.4 Å². The number of ether oxygens (including phenoxy) is 1. The Hall–Kier alpha value is -2.25. The van der Waals surface area contributed by atoms with E-state index in [1.165, 1.54) is 50.0 Å². The van der Waals surface area contributed by atoms with Gasteiger partial charge in [0.2, 0.25) is 10.0 Å². The average molecular weight is 465 g/mol. The number of aromatic nitrogens is 3. The van der Waals surface area contributed by atoms with Crippen LogP contribution in [0.4, 0.5) is 0 Å². The highest BCUT2D eigenvalue weighted by Crippen LogP contribution is 2.28. The molecule has 0 saturated carbocycles. The SMILES string of the molecule is O=c1cc(CSc2nc3cc(S(=O)(=O)N4CCOCC4)ccc3o2)nc2sccn12. The highest BCUT2D eigenvalue weighted by Gasteiger charge is 2.27. The second kappa shape index (κ2) is 7.78. The summed E-state index contributed by atoms with van der Waals surface area (Å²) in [5.74, 6) is 0.412. The van der Waals surface area contributed by atoms with E-state index >= 15 is 0 Å². The maximum absolute atomic E-state index is 12.8. The monoisotopic (exact) mass is 464 g/mol. The van der Waals surface area contributed by atoms with Gasteiger partial charge in [0, 0.05) is 36.5 Å². The first-order chi connectivity index (χ1) is 14.5. The van der Waals surface area contributed by atoms with Crippen LogP contribution in [0.3, 0.4) is 0 Å². The zero-order valence-electron chi connectivity index (χ0n) is 15.6. The molecule has 0 spiro atoms. The molecule has 0 radical (unpaired) electrons. The predicted octanol–water partition coefficient (Wildman–Crippen LogP) is 2.21. The van der Waals surface area contributed by atoms with Gasteiger partial charge in [0.15, 0.2) is 10.5 Å². The summed E-state index contributed by atoms with van der Waals surface area (Å²) in [5.41, 5.74) is 1.46. The van der Waals surface area contributed by atoms with Gasteiger partial charge in [-0.1, -0.05) is 11.8 Å². The van der Waals surface area contributed by atoms with E-state index < -0.39 is 10.0 Å². The molecule has 1 saturated heterocycles. The summed E-state index contributed by atoms with van der Waals surface area (Å²) in [7, 11) is -3.60. The third-order valence-electron chi connectivity index (χ3n) is 4.65. The Morgan fingerprint density at radius 3 is 2.83 bits per heavy atom. The van der Waals surface area contributed by atoms with Gasteiger partial charge in [-0.2, -0.15) is 4.31 Å². The maximum Gasteiger partial charge on any atom is 0.258 e. The smallest absolute Gasteiger partial charge is 0.258 e. The number of morpholine rings is 1. The lowest BCUT2D eigenvalue weighted by molar-refractivity contribution is 0.0730. The van der Waals surface area contributed by atoms with Crippen LogP contribution in [0, 0.1) is 0 Å². The van der Waals surface area contributed by atoms with Crippen LogP contribution in [0.5, 0.6) is 0 Å². The normalized spacial score (nSPS) is 15.9. The summed E-state index contributed by atoms with van der Waals surface area (Å²) in [6.07, 6.45) is 1.69. The van der Waals surface area contributed by atoms with Gasteiger partial charge in [-0.15, -0.1) is 11.3 Å². The number of thioether (sulfide) groups is 1. The van der Waals surface area contributed by atoms with Gasteiger partial charge in [0.05, 0.1) is 23.8 Å². The molecule has 0 aliphatic carbocycles. The number of hydrogen-bond donors (Lipinski definition) is 0. The third-order valence-corrected chi connectivity index (χ3v) is 8.16. The second-order valence-corrected chi connectivity index (χ2v) is 10.3. The van der Waals surface area contributed by atoms with Gasteiger partial charge in [-0.05, 0) is 18.2 Å². The first-order valence-corrected chi connectivity index (χ1v) is 12.4. The summed E-state index contributed by atoms with van der Waals surface area (Å²) in [6.45, 7) is 1.45. The van der Waals surface area contributed by atoms with Gasteiger partial charge in [-0.3, -0.25) is 9.20 Å². The average Bonchev–Trinajstić information content (AvgIpc) is 3.39. The van der Waals surface area contributed by atoms with Crippen molar-refractivity contribution in [3.8, 4) is 0 Å². The van der Waals surface area contributed by atoms with Crippen molar-refractivity contribution in [1.82, 2.24) is 18.7 Å². The van der Waals surface area contributed by atoms with Crippen LogP contribution >= 0.6 is 23.1 Å². The molecule has 4 heterocycles. The Morgan fingerprint density at radius 1 is 1.17 bits per heavy atom. The Labute approximate surface area is 179 Å². The number of benzene rings is 1. The molecule has 30 heavy (non-hydrogen) atoms. The van der Waals surface area contributed by atoms with E-state index in [2.05, 4.69) is 9.97 Å². The van der Waals surface area contributed by atoms with E-state index in [4.69, 9.17) is 9.15 Å². The van der Waals surface area contributed by atoms with E-state index in [9.17, 15) is 13.2 Å². The molecule has 4 aromatic rings. The van der Waals surface area contributed by atoms with Crippen molar-refractivity contribution in [3.05, 3.63) is 51.9 Å². The van der Waals surface area contributed by atoms with E-state index in [1.807, 2.05) is 5.38 Å². The van der Waals surface area contributed by atoms with E-state index in [0.717, 1.165) is 0 Å². The molecule has 3 aromatic heterocycles.